The van der Waals surface area contributed by atoms with Gasteiger partial charge in [-0.25, -0.2) is 0 Å². The first-order valence-electron chi connectivity index (χ1n) is 11.5. The fourth-order valence-electron chi connectivity index (χ4n) is 4.80. The molecule has 0 saturated heterocycles. The third kappa shape index (κ3) is 3.22. The molecule has 4 heteroatoms. The Morgan fingerprint density at radius 3 is 1.91 bits per heavy atom. The van der Waals surface area contributed by atoms with E-state index in [1.165, 1.54) is 4.70 Å². The number of nitrogens with zero attached hydrogens (tertiary/aromatic N) is 1. The molecule has 5 aromatic carbocycles. The highest BCUT2D eigenvalue weighted by Gasteiger charge is 2.16. The molecule has 0 amide bonds. The molecule has 166 valence electrons. The Bertz CT molecular complexity index is 1880. The maximum atomic E-state index is 13.3. The lowest BCUT2D eigenvalue weighted by molar-refractivity contribution is 0.660. The third-order valence-corrected chi connectivity index (χ3v) is 7.57. The van der Waals surface area contributed by atoms with Crippen LogP contribution in [-0.4, -0.2) is 0 Å². The van der Waals surface area contributed by atoms with Crippen LogP contribution in [0.3, 0.4) is 0 Å². The average molecular weight is 470 g/mol. The molecule has 0 radical (unpaired) electrons. The lowest BCUT2D eigenvalue weighted by Gasteiger charge is -2.25. The predicted octanol–water partition coefficient (Wildman–Crippen LogP) is 8.78. The molecule has 0 aliphatic heterocycles. The molecule has 0 fully saturated rings. The van der Waals surface area contributed by atoms with Gasteiger partial charge in [-0.05, 0) is 66.7 Å². The van der Waals surface area contributed by atoms with Crippen molar-refractivity contribution in [2.24, 2.45) is 0 Å². The number of hydrogen-bond donors (Lipinski definition) is 0. The van der Waals surface area contributed by atoms with Crippen LogP contribution >= 0.6 is 11.3 Å². The molecule has 2 aromatic heterocycles. The Hall–Kier alpha value is -4.41. The van der Waals surface area contributed by atoms with Crippen molar-refractivity contribution in [2.75, 3.05) is 4.90 Å². The van der Waals surface area contributed by atoms with E-state index in [2.05, 4.69) is 71.6 Å². The molecule has 7 aromatic rings. The van der Waals surface area contributed by atoms with Gasteiger partial charge in [-0.15, -0.1) is 11.3 Å². The third-order valence-electron chi connectivity index (χ3n) is 6.44. The molecular weight excluding hydrogens is 450 g/mol. The van der Waals surface area contributed by atoms with Crippen LogP contribution in [0.4, 0.5) is 17.1 Å². The monoisotopic (exact) mass is 469 g/mol. The molecular formula is C31H19NO2S. The van der Waals surface area contributed by atoms with E-state index in [1.54, 1.807) is 11.3 Å². The van der Waals surface area contributed by atoms with Crippen molar-refractivity contribution in [3.8, 4) is 0 Å². The lowest BCUT2D eigenvalue weighted by Crippen LogP contribution is -2.09. The number of rotatable bonds is 3. The van der Waals surface area contributed by atoms with Gasteiger partial charge in [0.2, 0.25) is 5.43 Å². The molecule has 2 heterocycles. The predicted molar refractivity (Wildman–Crippen MR) is 148 cm³/mol. The smallest absolute Gasteiger partial charge is 0.200 e. The largest absolute Gasteiger partial charge is 0.456 e. The SMILES string of the molecule is O=c1c2ccccc2oc2cc3sc4ccc(N(c5ccccc5)c5ccccc5)cc4c3cc12. The molecule has 0 unspecified atom stereocenters. The maximum absolute atomic E-state index is 13.3. The Morgan fingerprint density at radius 2 is 1.17 bits per heavy atom. The zero-order valence-corrected chi connectivity index (χ0v) is 19.5. The van der Waals surface area contributed by atoms with Crippen molar-refractivity contribution in [3.05, 3.63) is 125 Å². The first-order chi connectivity index (χ1) is 17.3. The number of hydrogen-bond acceptors (Lipinski definition) is 4. The highest BCUT2D eigenvalue weighted by Crippen LogP contribution is 2.41. The average Bonchev–Trinajstić information content (AvgIpc) is 3.26. The van der Waals surface area contributed by atoms with Crippen LogP contribution < -0.4 is 10.3 Å². The van der Waals surface area contributed by atoms with E-state index >= 15 is 0 Å². The van der Waals surface area contributed by atoms with Gasteiger partial charge in [0.15, 0.2) is 0 Å². The fraction of sp³-hybridized carbons (Fsp3) is 0. The quantitative estimate of drug-likeness (QED) is 0.243. The molecule has 0 N–H and O–H groups in total. The highest BCUT2D eigenvalue weighted by molar-refractivity contribution is 7.25. The van der Waals surface area contributed by atoms with Gasteiger partial charge in [-0.1, -0.05) is 48.5 Å². The summed E-state index contributed by atoms with van der Waals surface area (Å²) in [5.74, 6) is 0. The minimum atomic E-state index is 0.00875. The Balaban J connectivity index is 1.49. The van der Waals surface area contributed by atoms with E-state index in [4.69, 9.17) is 4.42 Å². The molecule has 35 heavy (non-hydrogen) atoms. The second-order valence-electron chi connectivity index (χ2n) is 8.56. The Labute approximate surface area is 205 Å². The summed E-state index contributed by atoms with van der Waals surface area (Å²) >= 11 is 1.72. The summed E-state index contributed by atoms with van der Waals surface area (Å²) in [5, 5.41) is 3.43. The normalized spacial score (nSPS) is 11.5. The fourth-order valence-corrected chi connectivity index (χ4v) is 5.90. The molecule has 7 rings (SSSR count). The standard InChI is InChI=1S/C31H19NO2S/c33-31-23-13-7-8-14-27(23)34-28-19-30-25(18-26(28)31)24-17-22(15-16-29(24)35-30)32(20-9-3-1-4-10-20)21-11-5-2-6-12-21/h1-19H. The summed E-state index contributed by atoms with van der Waals surface area (Å²) in [6.07, 6.45) is 0. The van der Waals surface area contributed by atoms with Crippen molar-refractivity contribution >= 4 is 70.5 Å². The van der Waals surface area contributed by atoms with E-state index in [0.29, 0.717) is 21.9 Å². The number of fused-ring (bicyclic) bond motifs is 5. The lowest BCUT2D eigenvalue weighted by atomic mass is 10.1. The van der Waals surface area contributed by atoms with Gasteiger partial charge in [-0.3, -0.25) is 4.79 Å². The van der Waals surface area contributed by atoms with Crippen LogP contribution in [0.15, 0.2) is 124 Å². The summed E-state index contributed by atoms with van der Waals surface area (Å²) < 4.78 is 8.39. The molecule has 0 saturated carbocycles. The summed E-state index contributed by atoms with van der Waals surface area (Å²) in [6, 6.07) is 38.8. The number of anilines is 3. The van der Waals surface area contributed by atoms with Gasteiger partial charge >= 0.3 is 0 Å². The van der Waals surface area contributed by atoms with E-state index in [9.17, 15) is 4.79 Å². The number of benzene rings is 5. The topological polar surface area (TPSA) is 33.5 Å². The molecule has 0 aliphatic carbocycles. The molecule has 0 aliphatic rings. The minimum absolute atomic E-state index is 0.00875. The van der Waals surface area contributed by atoms with Gasteiger partial charge in [0.25, 0.3) is 0 Å². The Morgan fingerprint density at radius 1 is 0.514 bits per heavy atom. The number of para-hydroxylation sites is 3. The van der Waals surface area contributed by atoms with Gasteiger partial charge in [0.05, 0.1) is 10.8 Å². The second kappa shape index (κ2) is 7.83. The van der Waals surface area contributed by atoms with E-state index in [-0.39, 0.29) is 5.43 Å². The van der Waals surface area contributed by atoms with E-state index in [0.717, 1.165) is 32.5 Å². The van der Waals surface area contributed by atoms with Gasteiger partial charge in [-0.2, -0.15) is 0 Å². The van der Waals surface area contributed by atoms with Crippen LogP contribution in [0.2, 0.25) is 0 Å². The summed E-state index contributed by atoms with van der Waals surface area (Å²) in [7, 11) is 0. The summed E-state index contributed by atoms with van der Waals surface area (Å²) in [6.45, 7) is 0. The zero-order valence-electron chi connectivity index (χ0n) is 18.6. The van der Waals surface area contributed by atoms with Crippen molar-refractivity contribution in [1.82, 2.24) is 0 Å². The van der Waals surface area contributed by atoms with Crippen LogP contribution in [0.1, 0.15) is 0 Å². The van der Waals surface area contributed by atoms with Crippen molar-refractivity contribution in [3.63, 3.8) is 0 Å². The van der Waals surface area contributed by atoms with Gasteiger partial charge in [0, 0.05) is 37.2 Å². The molecule has 0 atom stereocenters. The molecule has 0 spiro atoms. The summed E-state index contributed by atoms with van der Waals surface area (Å²) in [4.78, 5) is 15.5. The van der Waals surface area contributed by atoms with Crippen LogP contribution in [-0.2, 0) is 0 Å². The first kappa shape index (κ1) is 20.0. The van der Waals surface area contributed by atoms with Crippen LogP contribution in [0.25, 0.3) is 42.1 Å². The van der Waals surface area contributed by atoms with E-state index in [1.807, 2.05) is 48.5 Å². The highest BCUT2D eigenvalue weighted by atomic mass is 32.1. The van der Waals surface area contributed by atoms with Crippen LogP contribution in [0.5, 0.6) is 0 Å². The van der Waals surface area contributed by atoms with Crippen molar-refractivity contribution < 1.29 is 4.42 Å². The Kier molecular flexibility index (Phi) is 4.47. The first-order valence-corrected chi connectivity index (χ1v) is 12.3. The second-order valence-corrected chi connectivity index (χ2v) is 9.64. The van der Waals surface area contributed by atoms with Crippen molar-refractivity contribution in [1.29, 1.82) is 0 Å². The molecule has 3 nitrogen and oxygen atoms in total. The zero-order chi connectivity index (χ0) is 23.4. The van der Waals surface area contributed by atoms with Crippen LogP contribution in [0, 0.1) is 0 Å². The van der Waals surface area contributed by atoms with E-state index < -0.39 is 0 Å². The molecule has 0 bridgehead atoms. The van der Waals surface area contributed by atoms with Gasteiger partial charge < -0.3 is 9.32 Å². The van der Waals surface area contributed by atoms with Gasteiger partial charge in [0.1, 0.15) is 11.2 Å². The summed E-state index contributed by atoms with van der Waals surface area (Å²) in [5.41, 5.74) is 4.51. The van der Waals surface area contributed by atoms with Crippen molar-refractivity contribution in [2.45, 2.75) is 0 Å². The minimum Gasteiger partial charge on any atom is -0.456 e. The maximum Gasteiger partial charge on any atom is 0.200 e. The number of thiophene rings is 1.